The van der Waals surface area contributed by atoms with Gasteiger partial charge in [0, 0.05) is 0 Å². The third-order valence-corrected chi connectivity index (χ3v) is 1.38. The Morgan fingerprint density at radius 1 is 1.00 bits per heavy atom. The number of carboxylic acids is 3. The Morgan fingerprint density at radius 2 is 1.56 bits per heavy atom. The van der Waals surface area contributed by atoms with Crippen molar-refractivity contribution in [3.05, 3.63) is 0 Å². The molecule has 0 aromatic carbocycles. The second-order valence-electron chi connectivity index (χ2n) is 2.71. The van der Waals surface area contributed by atoms with Crippen molar-refractivity contribution in [3.63, 3.8) is 0 Å². The van der Waals surface area contributed by atoms with Crippen LogP contribution in [0, 0.1) is 0 Å². The predicted octanol–water partition coefficient (Wildman–Crippen LogP) is -1.70. The van der Waals surface area contributed by atoms with Crippen molar-refractivity contribution in [1.29, 1.82) is 0 Å². The van der Waals surface area contributed by atoms with Crippen molar-refractivity contribution in [2.75, 3.05) is 6.54 Å². The summed E-state index contributed by atoms with van der Waals surface area (Å²) in [4.78, 5) is 41.7. The lowest BCUT2D eigenvalue weighted by Gasteiger charge is -2.12. The van der Waals surface area contributed by atoms with E-state index < -0.39 is 42.9 Å². The van der Waals surface area contributed by atoms with Gasteiger partial charge < -0.3 is 26.0 Å². The van der Waals surface area contributed by atoms with Gasteiger partial charge in [-0.05, 0) is 0 Å². The molecule has 0 heterocycles. The molecule has 0 saturated heterocycles. The molecule has 0 aromatic rings. The zero-order chi connectivity index (χ0) is 12.7. The van der Waals surface area contributed by atoms with Crippen LogP contribution in [0.4, 0.5) is 4.79 Å². The van der Waals surface area contributed by atoms with E-state index in [1.54, 1.807) is 0 Å². The van der Waals surface area contributed by atoms with Gasteiger partial charge in [0.15, 0.2) is 0 Å². The Hall–Kier alpha value is -2.32. The van der Waals surface area contributed by atoms with Crippen LogP contribution in [-0.4, -0.2) is 51.8 Å². The number of urea groups is 1. The van der Waals surface area contributed by atoms with Gasteiger partial charge in [-0.25, -0.2) is 9.59 Å². The van der Waals surface area contributed by atoms with Crippen LogP contribution in [0.5, 0.6) is 0 Å². The summed E-state index contributed by atoms with van der Waals surface area (Å²) in [6.45, 7) is -0.689. The first-order chi connectivity index (χ1) is 7.32. The molecule has 0 radical (unpaired) electrons. The maximum atomic E-state index is 10.9. The van der Waals surface area contributed by atoms with Gasteiger partial charge in [-0.15, -0.1) is 0 Å². The number of nitrogens with one attached hydrogen (secondary N) is 2. The summed E-state index contributed by atoms with van der Waals surface area (Å²) >= 11 is 0. The molecule has 0 unspecified atom stereocenters. The zero-order valence-electron chi connectivity index (χ0n) is 7.97. The van der Waals surface area contributed by atoms with E-state index >= 15 is 0 Å². The van der Waals surface area contributed by atoms with Gasteiger partial charge in [0.25, 0.3) is 0 Å². The van der Waals surface area contributed by atoms with Crippen LogP contribution in [0.15, 0.2) is 0 Å². The second-order valence-corrected chi connectivity index (χ2v) is 2.71. The lowest BCUT2D eigenvalue weighted by Crippen LogP contribution is -2.48. The van der Waals surface area contributed by atoms with Crippen molar-refractivity contribution in [2.24, 2.45) is 0 Å². The van der Waals surface area contributed by atoms with Gasteiger partial charge in [-0.2, -0.15) is 0 Å². The molecular formula is C7H10N2O7. The molecule has 0 fully saturated rings. The topological polar surface area (TPSA) is 153 Å². The van der Waals surface area contributed by atoms with Crippen molar-refractivity contribution in [3.8, 4) is 0 Å². The largest absolute Gasteiger partial charge is 0.481 e. The van der Waals surface area contributed by atoms with Crippen LogP contribution in [0.25, 0.3) is 0 Å². The molecule has 0 aliphatic carbocycles. The van der Waals surface area contributed by atoms with Gasteiger partial charge in [0.1, 0.15) is 12.6 Å². The number of carboxylic acid groups (broad SMARTS) is 3. The van der Waals surface area contributed by atoms with Gasteiger partial charge in [-0.3, -0.25) is 9.59 Å². The maximum Gasteiger partial charge on any atom is 0.326 e. The first-order valence-electron chi connectivity index (χ1n) is 4.03. The first kappa shape index (κ1) is 13.7. The third-order valence-electron chi connectivity index (χ3n) is 1.38. The molecule has 9 heteroatoms. The minimum atomic E-state index is -1.61. The highest BCUT2D eigenvalue weighted by atomic mass is 16.4. The summed E-state index contributed by atoms with van der Waals surface area (Å²) in [5.74, 6) is -4.22. The summed E-state index contributed by atoms with van der Waals surface area (Å²) in [7, 11) is 0. The van der Waals surface area contributed by atoms with E-state index in [1.807, 2.05) is 10.6 Å². The normalized spacial score (nSPS) is 11.2. The second kappa shape index (κ2) is 6.22. The maximum absolute atomic E-state index is 10.9. The average molecular weight is 234 g/mol. The summed E-state index contributed by atoms with van der Waals surface area (Å²) in [6.07, 6.45) is -0.796. The van der Waals surface area contributed by atoms with E-state index in [0.29, 0.717) is 0 Å². The van der Waals surface area contributed by atoms with E-state index in [2.05, 4.69) is 0 Å². The fourth-order valence-corrected chi connectivity index (χ4v) is 0.740. The monoisotopic (exact) mass is 234 g/mol. The Morgan fingerprint density at radius 3 is 1.94 bits per heavy atom. The minimum Gasteiger partial charge on any atom is -0.481 e. The average Bonchev–Trinajstić information content (AvgIpc) is 2.12. The number of aliphatic carboxylic acids is 3. The Bertz CT molecular complexity index is 314. The number of rotatable bonds is 6. The number of hydrogen-bond acceptors (Lipinski definition) is 4. The fourth-order valence-electron chi connectivity index (χ4n) is 0.740. The number of amides is 2. The standard InChI is InChI=1S/C7H10N2O7/c10-4(11)1-3(6(14)15)9-7(16)8-2-5(12)13/h3H,1-2H2,(H,10,11)(H,12,13)(H,14,15)(H2,8,9,16)/t3-/m0/s1. The molecule has 16 heavy (non-hydrogen) atoms. The summed E-state index contributed by atoms with van der Waals surface area (Å²) < 4.78 is 0. The third kappa shape index (κ3) is 6.18. The summed E-state index contributed by atoms with van der Waals surface area (Å²) in [6, 6.07) is -2.66. The van der Waals surface area contributed by atoms with Crippen LogP contribution in [0.1, 0.15) is 6.42 Å². The van der Waals surface area contributed by atoms with E-state index in [9.17, 15) is 19.2 Å². The predicted molar refractivity (Wildman–Crippen MR) is 47.8 cm³/mol. The van der Waals surface area contributed by atoms with Crippen LogP contribution in [-0.2, 0) is 14.4 Å². The van der Waals surface area contributed by atoms with E-state index in [1.165, 1.54) is 0 Å². The van der Waals surface area contributed by atoms with Crippen molar-refractivity contribution >= 4 is 23.9 Å². The Balaban J connectivity index is 4.18. The van der Waals surface area contributed by atoms with Gasteiger partial charge in [0.2, 0.25) is 0 Å². The Kier molecular flexibility index (Phi) is 5.32. The molecule has 0 saturated carbocycles. The highest BCUT2D eigenvalue weighted by Gasteiger charge is 2.22. The smallest absolute Gasteiger partial charge is 0.326 e. The van der Waals surface area contributed by atoms with Gasteiger partial charge >= 0.3 is 23.9 Å². The van der Waals surface area contributed by atoms with Crippen LogP contribution < -0.4 is 10.6 Å². The van der Waals surface area contributed by atoms with E-state index in [-0.39, 0.29) is 0 Å². The molecule has 0 spiro atoms. The molecule has 0 aromatic heterocycles. The van der Waals surface area contributed by atoms with Crippen LogP contribution >= 0.6 is 0 Å². The lowest BCUT2D eigenvalue weighted by atomic mass is 10.2. The van der Waals surface area contributed by atoms with E-state index in [4.69, 9.17) is 15.3 Å². The number of hydrogen-bond donors (Lipinski definition) is 5. The highest BCUT2D eigenvalue weighted by Crippen LogP contribution is 1.92. The minimum absolute atomic E-state index is 0.689. The number of carbonyl (C=O) groups is 4. The molecule has 0 bridgehead atoms. The molecular weight excluding hydrogens is 224 g/mol. The molecule has 0 aliphatic heterocycles. The number of carbonyl (C=O) groups excluding carboxylic acids is 1. The lowest BCUT2D eigenvalue weighted by molar-refractivity contribution is -0.145. The van der Waals surface area contributed by atoms with Gasteiger partial charge in [-0.1, -0.05) is 0 Å². The molecule has 5 N–H and O–H groups in total. The molecule has 90 valence electrons. The van der Waals surface area contributed by atoms with Crippen molar-refractivity contribution in [1.82, 2.24) is 10.6 Å². The van der Waals surface area contributed by atoms with Crippen molar-refractivity contribution in [2.45, 2.75) is 12.5 Å². The highest BCUT2D eigenvalue weighted by molar-refractivity contribution is 5.87. The quantitative estimate of drug-likeness (QED) is 0.367. The zero-order valence-corrected chi connectivity index (χ0v) is 7.97. The molecule has 2 amide bonds. The fraction of sp³-hybridized carbons (Fsp3) is 0.429. The van der Waals surface area contributed by atoms with Crippen LogP contribution in [0.2, 0.25) is 0 Å². The van der Waals surface area contributed by atoms with E-state index in [0.717, 1.165) is 0 Å². The first-order valence-corrected chi connectivity index (χ1v) is 4.03. The van der Waals surface area contributed by atoms with Crippen LogP contribution in [0.3, 0.4) is 0 Å². The summed E-state index contributed by atoms with van der Waals surface area (Å²) in [5.41, 5.74) is 0. The SMILES string of the molecule is O=C(O)CNC(=O)N[C@@H](CC(=O)O)C(=O)O. The molecule has 0 aliphatic rings. The summed E-state index contributed by atoms with van der Waals surface area (Å²) in [5, 5.41) is 28.7. The molecule has 9 nitrogen and oxygen atoms in total. The Labute approximate surface area is 89.1 Å². The van der Waals surface area contributed by atoms with Crippen molar-refractivity contribution < 1.29 is 34.5 Å². The molecule has 0 rings (SSSR count). The van der Waals surface area contributed by atoms with Gasteiger partial charge in [0.05, 0.1) is 6.42 Å². The molecule has 1 atom stereocenters.